The van der Waals surface area contributed by atoms with E-state index in [2.05, 4.69) is 11.0 Å². The molecule has 1 aromatic rings. The molecule has 112 valence electrons. The molecule has 7 heteroatoms. The molecule has 21 heavy (non-hydrogen) atoms. The van der Waals surface area contributed by atoms with Crippen molar-refractivity contribution < 1.29 is 10.0 Å². The van der Waals surface area contributed by atoms with Crippen LogP contribution >= 0.6 is 0 Å². The number of benzene rings is 1. The summed E-state index contributed by atoms with van der Waals surface area (Å²) in [5.74, 6) is 0. The second kappa shape index (κ2) is 7.13. The minimum atomic E-state index is -0.471. The number of nitriles is 1. The predicted octanol–water partition coefficient (Wildman–Crippen LogP) is 0.769. The van der Waals surface area contributed by atoms with Crippen LogP contribution in [0.25, 0.3) is 0 Å². The third-order valence-electron chi connectivity index (χ3n) is 3.71. The van der Waals surface area contributed by atoms with Crippen molar-refractivity contribution in [2.75, 3.05) is 39.3 Å². The van der Waals surface area contributed by atoms with Gasteiger partial charge in [0.1, 0.15) is 6.04 Å². The average Bonchev–Trinajstić information content (AvgIpc) is 2.50. The first-order chi connectivity index (χ1) is 10.2. The Balaban J connectivity index is 2.09. The lowest BCUT2D eigenvalue weighted by Gasteiger charge is -2.36. The van der Waals surface area contributed by atoms with E-state index in [-0.39, 0.29) is 12.3 Å². The molecular weight excluding hydrogens is 272 g/mol. The molecule has 1 saturated heterocycles. The summed E-state index contributed by atoms with van der Waals surface area (Å²) >= 11 is 0. The number of hydrogen-bond acceptors (Lipinski definition) is 6. The van der Waals surface area contributed by atoms with Crippen LogP contribution in [0, 0.1) is 21.4 Å². The number of β-amino-alcohol motifs (C(OH)–C–C–N with tert-alkyl or cyclic N) is 1. The minimum Gasteiger partial charge on any atom is -0.395 e. The van der Waals surface area contributed by atoms with Crippen LogP contribution in [0.3, 0.4) is 0 Å². The van der Waals surface area contributed by atoms with E-state index >= 15 is 0 Å². The van der Waals surface area contributed by atoms with Gasteiger partial charge in [0, 0.05) is 44.9 Å². The van der Waals surface area contributed by atoms with Gasteiger partial charge < -0.3 is 5.11 Å². The standard InChI is InChI=1S/C14H18N4O3/c15-11-14(12-2-1-3-13(10-12)18(20)21)17-6-4-16(5-7-17)8-9-19/h1-3,10,14,19H,4-9H2. The van der Waals surface area contributed by atoms with Crippen molar-refractivity contribution in [1.82, 2.24) is 9.80 Å². The second-order valence-electron chi connectivity index (χ2n) is 4.98. The number of hydrogen-bond donors (Lipinski definition) is 1. The third kappa shape index (κ3) is 3.76. The van der Waals surface area contributed by atoms with E-state index in [1.807, 2.05) is 4.90 Å². The number of rotatable bonds is 5. The van der Waals surface area contributed by atoms with E-state index in [0.29, 0.717) is 25.2 Å². The van der Waals surface area contributed by atoms with Crippen molar-refractivity contribution in [3.05, 3.63) is 39.9 Å². The molecule has 0 spiro atoms. The normalized spacial score (nSPS) is 18.1. The lowest BCUT2D eigenvalue weighted by Crippen LogP contribution is -2.48. The molecule has 0 bridgehead atoms. The topological polar surface area (TPSA) is 93.6 Å². The zero-order valence-electron chi connectivity index (χ0n) is 11.7. The van der Waals surface area contributed by atoms with Crippen LogP contribution in [-0.4, -0.2) is 59.2 Å². The Morgan fingerprint density at radius 3 is 2.67 bits per heavy atom. The largest absolute Gasteiger partial charge is 0.395 e. The smallest absolute Gasteiger partial charge is 0.269 e. The fourth-order valence-electron chi connectivity index (χ4n) is 2.56. The van der Waals surface area contributed by atoms with Gasteiger partial charge in [-0.25, -0.2) is 0 Å². The van der Waals surface area contributed by atoms with E-state index < -0.39 is 11.0 Å². The van der Waals surface area contributed by atoms with E-state index in [9.17, 15) is 15.4 Å². The van der Waals surface area contributed by atoms with Gasteiger partial charge in [0.2, 0.25) is 0 Å². The molecule has 7 nitrogen and oxygen atoms in total. The Hall–Kier alpha value is -2.01. The van der Waals surface area contributed by atoms with Crippen molar-refractivity contribution in [2.24, 2.45) is 0 Å². The molecule has 2 rings (SSSR count). The summed E-state index contributed by atoms with van der Waals surface area (Å²) in [6, 6.07) is 8.02. The van der Waals surface area contributed by atoms with Crippen molar-refractivity contribution in [2.45, 2.75) is 6.04 Å². The Morgan fingerprint density at radius 2 is 2.10 bits per heavy atom. The van der Waals surface area contributed by atoms with Gasteiger partial charge in [-0.1, -0.05) is 12.1 Å². The molecule has 1 aliphatic heterocycles. The summed E-state index contributed by atoms with van der Waals surface area (Å²) in [6.07, 6.45) is 0. The third-order valence-corrected chi connectivity index (χ3v) is 3.71. The minimum absolute atomic E-state index is 0.00617. The molecular formula is C14H18N4O3. The summed E-state index contributed by atoms with van der Waals surface area (Å²) in [5.41, 5.74) is 0.661. The van der Waals surface area contributed by atoms with E-state index in [1.165, 1.54) is 12.1 Å². The molecule has 1 unspecified atom stereocenters. The first-order valence-corrected chi connectivity index (χ1v) is 6.87. The summed E-state index contributed by atoms with van der Waals surface area (Å²) in [7, 11) is 0. The molecule has 1 N–H and O–H groups in total. The number of nitrogens with zero attached hydrogens (tertiary/aromatic N) is 4. The summed E-state index contributed by atoms with van der Waals surface area (Å²) in [5, 5.41) is 29.2. The monoisotopic (exact) mass is 290 g/mol. The zero-order chi connectivity index (χ0) is 15.2. The fourth-order valence-corrected chi connectivity index (χ4v) is 2.56. The Labute approximate surface area is 123 Å². The number of aliphatic hydroxyl groups excluding tert-OH is 1. The van der Waals surface area contributed by atoms with E-state index in [0.717, 1.165) is 13.1 Å². The second-order valence-corrected chi connectivity index (χ2v) is 4.98. The van der Waals surface area contributed by atoms with Crippen LogP contribution in [0.2, 0.25) is 0 Å². The highest BCUT2D eigenvalue weighted by atomic mass is 16.6. The van der Waals surface area contributed by atoms with E-state index in [1.54, 1.807) is 12.1 Å². The number of nitro groups is 1. The predicted molar refractivity (Wildman–Crippen MR) is 76.5 cm³/mol. The van der Waals surface area contributed by atoms with Crippen LogP contribution in [-0.2, 0) is 0 Å². The molecule has 0 aromatic heterocycles. The number of piperazine rings is 1. The molecule has 1 heterocycles. The van der Waals surface area contributed by atoms with Gasteiger partial charge in [0.25, 0.3) is 5.69 Å². The average molecular weight is 290 g/mol. The number of non-ortho nitro benzene ring substituents is 1. The molecule has 0 saturated carbocycles. The van der Waals surface area contributed by atoms with Gasteiger partial charge in [-0.2, -0.15) is 5.26 Å². The molecule has 0 amide bonds. The number of aliphatic hydroxyl groups is 1. The Morgan fingerprint density at radius 1 is 1.38 bits per heavy atom. The van der Waals surface area contributed by atoms with Crippen LogP contribution in [0.15, 0.2) is 24.3 Å². The highest BCUT2D eigenvalue weighted by molar-refractivity contribution is 5.37. The van der Waals surface area contributed by atoms with Gasteiger partial charge in [-0.05, 0) is 5.56 Å². The van der Waals surface area contributed by atoms with Crippen molar-refractivity contribution in [1.29, 1.82) is 5.26 Å². The molecule has 1 aliphatic rings. The van der Waals surface area contributed by atoms with Crippen LogP contribution < -0.4 is 0 Å². The lowest BCUT2D eigenvalue weighted by atomic mass is 10.0. The first-order valence-electron chi connectivity index (χ1n) is 6.87. The quantitative estimate of drug-likeness (QED) is 0.636. The Kier molecular flexibility index (Phi) is 5.22. The fraction of sp³-hybridized carbons (Fsp3) is 0.500. The Bertz CT molecular complexity index is 535. The maximum absolute atomic E-state index is 10.8. The highest BCUT2D eigenvalue weighted by Crippen LogP contribution is 2.24. The molecule has 0 radical (unpaired) electrons. The maximum Gasteiger partial charge on any atom is 0.269 e. The van der Waals surface area contributed by atoms with Crippen molar-refractivity contribution in [3.63, 3.8) is 0 Å². The molecule has 1 fully saturated rings. The van der Waals surface area contributed by atoms with Crippen LogP contribution in [0.5, 0.6) is 0 Å². The van der Waals surface area contributed by atoms with Crippen LogP contribution in [0.1, 0.15) is 11.6 Å². The SMILES string of the molecule is N#CC(c1cccc([N+](=O)[O-])c1)N1CCN(CCO)CC1. The van der Waals surface area contributed by atoms with Crippen molar-refractivity contribution in [3.8, 4) is 6.07 Å². The van der Waals surface area contributed by atoms with E-state index in [4.69, 9.17) is 5.11 Å². The highest BCUT2D eigenvalue weighted by Gasteiger charge is 2.25. The first kappa shape index (κ1) is 15.4. The maximum atomic E-state index is 10.8. The van der Waals surface area contributed by atoms with Gasteiger partial charge in [-0.3, -0.25) is 19.9 Å². The van der Waals surface area contributed by atoms with Gasteiger partial charge in [-0.15, -0.1) is 0 Å². The summed E-state index contributed by atoms with van der Waals surface area (Å²) < 4.78 is 0. The van der Waals surface area contributed by atoms with Gasteiger partial charge in [0.15, 0.2) is 0 Å². The van der Waals surface area contributed by atoms with Crippen LogP contribution in [0.4, 0.5) is 5.69 Å². The molecule has 1 atom stereocenters. The zero-order valence-corrected chi connectivity index (χ0v) is 11.7. The summed E-state index contributed by atoms with van der Waals surface area (Å²) in [4.78, 5) is 14.5. The number of nitro benzene ring substituents is 1. The van der Waals surface area contributed by atoms with Gasteiger partial charge >= 0.3 is 0 Å². The lowest BCUT2D eigenvalue weighted by molar-refractivity contribution is -0.384. The molecule has 0 aliphatic carbocycles. The van der Waals surface area contributed by atoms with Crippen molar-refractivity contribution >= 4 is 5.69 Å². The molecule has 1 aromatic carbocycles. The van der Waals surface area contributed by atoms with Gasteiger partial charge in [0.05, 0.1) is 17.6 Å². The summed E-state index contributed by atoms with van der Waals surface area (Å²) in [6.45, 7) is 3.76.